The molecule has 2 aromatic rings. The topological polar surface area (TPSA) is 66.6 Å². The summed E-state index contributed by atoms with van der Waals surface area (Å²) in [6, 6.07) is 16.5. The van der Waals surface area contributed by atoms with Gasteiger partial charge in [0.25, 0.3) is 5.91 Å². The van der Waals surface area contributed by atoms with E-state index in [-0.39, 0.29) is 24.2 Å². The van der Waals surface area contributed by atoms with E-state index in [1.165, 1.54) is 5.56 Å². The highest BCUT2D eigenvalue weighted by atomic mass is 35.5. The van der Waals surface area contributed by atoms with Crippen LogP contribution in [0.25, 0.3) is 0 Å². The van der Waals surface area contributed by atoms with Crippen molar-refractivity contribution in [3.05, 3.63) is 71.3 Å². The van der Waals surface area contributed by atoms with Crippen molar-refractivity contribution in [2.24, 2.45) is 5.73 Å². The highest BCUT2D eigenvalue weighted by molar-refractivity contribution is 5.94. The fraction of sp³-hybridized carbons (Fsp3) is 0.333. The molecule has 1 saturated heterocycles. The number of nitrogens with two attached hydrogens (primary N) is 1. The molecular weight excluding hydrogens is 362 g/mol. The zero-order valence-corrected chi connectivity index (χ0v) is 16.3. The van der Waals surface area contributed by atoms with Gasteiger partial charge in [-0.3, -0.25) is 9.59 Å². The highest BCUT2D eigenvalue weighted by Gasteiger charge is 2.28. The van der Waals surface area contributed by atoms with Crippen LogP contribution in [0, 0.1) is 0 Å². The van der Waals surface area contributed by atoms with Crippen molar-refractivity contribution in [3.63, 3.8) is 0 Å². The van der Waals surface area contributed by atoms with Crippen molar-refractivity contribution in [2.45, 2.75) is 19.4 Å². The first-order valence-electron chi connectivity index (χ1n) is 9.07. The van der Waals surface area contributed by atoms with E-state index in [1.807, 2.05) is 54.6 Å². The number of nitrogens with zero attached hydrogens (tertiary/aromatic N) is 2. The number of benzene rings is 2. The molecule has 6 heteroatoms. The Hall–Kier alpha value is -2.37. The molecule has 2 N–H and O–H groups in total. The molecule has 2 aromatic carbocycles. The molecule has 27 heavy (non-hydrogen) atoms. The van der Waals surface area contributed by atoms with Gasteiger partial charge in [0.05, 0.1) is 0 Å². The molecule has 0 aliphatic carbocycles. The van der Waals surface area contributed by atoms with Crippen molar-refractivity contribution in [3.8, 4) is 0 Å². The molecule has 0 saturated carbocycles. The fourth-order valence-electron chi connectivity index (χ4n) is 3.20. The summed E-state index contributed by atoms with van der Waals surface area (Å²) in [5.41, 5.74) is 8.83. The van der Waals surface area contributed by atoms with Gasteiger partial charge < -0.3 is 15.5 Å². The summed E-state index contributed by atoms with van der Waals surface area (Å²) in [7, 11) is 0. The molecule has 1 fully saturated rings. The van der Waals surface area contributed by atoms with Crippen LogP contribution in [0.4, 0.5) is 0 Å². The molecule has 1 atom stereocenters. The summed E-state index contributed by atoms with van der Waals surface area (Å²) in [4.78, 5) is 28.8. The molecule has 1 heterocycles. The van der Waals surface area contributed by atoms with Crippen LogP contribution in [-0.4, -0.2) is 47.8 Å². The molecule has 1 aliphatic heterocycles. The van der Waals surface area contributed by atoms with Crippen LogP contribution < -0.4 is 5.73 Å². The first-order valence-corrected chi connectivity index (χ1v) is 9.07. The fourth-order valence-corrected chi connectivity index (χ4v) is 3.20. The Morgan fingerprint density at radius 2 is 1.48 bits per heavy atom. The predicted molar refractivity (Wildman–Crippen MR) is 109 cm³/mol. The lowest BCUT2D eigenvalue weighted by atomic mass is 10.1. The summed E-state index contributed by atoms with van der Waals surface area (Å²) in [5.74, 6) is -0.0669. The van der Waals surface area contributed by atoms with E-state index >= 15 is 0 Å². The van der Waals surface area contributed by atoms with Crippen LogP contribution in [-0.2, 0) is 11.2 Å². The van der Waals surface area contributed by atoms with Gasteiger partial charge in [0, 0.05) is 31.7 Å². The molecule has 3 rings (SSSR count). The molecule has 5 nitrogen and oxygen atoms in total. The lowest BCUT2D eigenvalue weighted by Crippen LogP contribution is -2.52. The molecule has 0 radical (unpaired) electrons. The van der Waals surface area contributed by atoms with E-state index in [1.54, 1.807) is 9.80 Å². The number of aryl methyl sites for hydroxylation is 1. The Bertz CT molecular complexity index is 757. The van der Waals surface area contributed by atoms with Gasteiger partial charge in [-0.2, -0.15) is 0 Å². The van der Waals surface area contributed by atoms with Crippen molar-refractivity contribution in [1.82, 2.24) is 9.80 Å². The van der Waals surface area contributed by atoms with Crippen LogP contribution in [0.15, 0.2) is 54.6 Å². The van der Waals surface area contributed by atoms with E-state index in [0.29, 0.717) is 31.7 Å². The van der Waals surface area contributed by atoms with Gasteiger partial charge in [-0.25, -0.2) is 0 Å². The van der Waals surface area contributed by atoms with Crippen LogP contribution >= 0.6 is 12.4 Å². The molecule has 1 aliphatic rings. The third-order valence-electron chi connectivity index (χ3n) is 4.91. The SMILES string of the molecule is CCc1ccc(C(=O)N2CCN(C(=O)C(N)c3ccccc3)CC2)cc1.Cl. The van der Waals surface area contributed by atoms with E-state index in [4.69, 9.17) is 5.73 Å². The van der Waals surface area contributed by atoms with Gasteiger partial charge in [0.1, 0.15) is 6.04 Å². The number of carbonyl (C=O) groups excluding carboxylic acids is 2. The maximum atomic E-state index is 12.6. The quantitative estimate of drug-likeness (QED) is 0.877. The maximum absolute atomic E-state index is 12.6. The average molecular weight is 388 g/mol. The number of hydrogen-bond donors (Lipinski definition) is 1. The number of piperazine rings is 1. The van der Waals surface area contributed by atoms with Gasteiger partial charge in [-0.15, -0.1) is 12.4 Å². The molecule has 1 unspecified atom stereocenters. The zero-order valence-electron chi connectivity index (χ0n) is 15.5. The van der Waals surface area contributed by atoms with Gasteiger partial charge >= 0.3 is 0 Å². The molecule has 144 valence electrons. The van der Waals surface area contributed by atoms with Gasteiger partial charge in [-0.05, 0) is 29.7 Å². The Labute approximate surface area is 166 Å². The lowest BCUT2D eigenvalue weighted by Gasteiger charge is -2.36. The Morgan fingerprint density at radius 1 is 0.926 bits per heavy atom. The van der Waals surface area contributed by atoms with Crippen molar-refractivity contribution >= 4 is 24.2 Å². The second-order valence-corrected chi connectivity index (χ2v) is 6.56. The summed E-state index contributed by atoms with van der Waals surface area (Å²) >= 11 is 0. The smallest absolute Gasteiger partial charge is 0.253 e. The Balaban J connectivity index is 0.00000261. The number of halogens is 1. The van der Waals surface area contributed by atoms with Crippen molar-refractivity contribution in [2.75, 3.05) is 26.2 Å². The molecular formula is C21H26ClN3O2. The van der Waals surface area contributed by atoms with Crippen LogP contribution in [0.3, 0.4) is 0 Å². The van der Waals surface area contributed by atoms with Gasteiger partial charge in [0.2, 0.25) is 5.91 Å². The monoisotopic (exact) mass is 387 g/mol. The minimum absolute atomic E-state index is 0. The summed E-state index contributed by atoms with van der Waals surface area (Å²) in [5, 5.41) is 0. The average Bonchev–Trinajstić information content (AvgIpc) is 2.73. The number of hydrogen-bond acceptors (Lipinski definition) is 3. The van der Waals surface area contributed by atoms with Crippen LogP contribution in [0.1, 0.15) is 34.5 Å². The Morgan fingerprint density at radius 3 is 2.04 bits per heavy atom. The van der Waals surface area contributed by atoms with E-state index in [0.717, 1.165) is 12.0 Å². The zero-order chi connectivity index (χ0) is 18.5. The molecule has 2 amide bonds. The van der Waals surface area contributed by atoms with E-state index < -0.39 is 6.04 Å². The second-order valence-electron chi connectivity index (χ2n) is 6.56. The lowest BCUT2D eigenvalue weighted by molar-refractivity contribution is -0.134. The van der Waals surface area contributed by atoms with E-state index in [2.05, 4.69) is 6.92 Å². The Kier molecular flexibility index (Phi) is 7.39. The largest absolute Gasteiger partial charge is 0.337 e. The molecule has 0 bridgehead atoms. The normalized spacial score (nSPS) is 15.0. The summed E-state index contributed by atoms with van der Waals surface area (Å²) in [6.45, 7) is 4.17. The first-order chi connectivity index (χ1) is 12.6. The number of rotatable bonds is 4. The van der Waals surface area contributed by atoms with Crippen molar-refractivity contribution < 1.29 is 9.59 Å². The van der Waals surface area contributed by atoms with Gasteiger partial charge in [0.15, 0.2) is 0 Å². The standard InChI is InChI=1S/C21H25N3O2.ClH/c1-2-16-8-10-18(11-9-16)20(25)23-12-14-24(15-13-23)21(26)19(22)17-6-4-3-5-7-17;/h3-11,19H,2,12-15,22H2,1H3;1H. The molecule has 0 aromatic heterocycles. The predicted octanol–water partition coefficient (Wildman–Crippen LogP) is 2.66. The van der Waals surface area contributed by atoms with Crippen LogP contribution in [0.2, 0.25) is 0 Å². The minimum Gasteiger partial charge on any atom is -0.337 e. The number of carbonyl (C=O) groups is 2. The highest BCUT2D eigenvalue weighted by Crippen LogP contribution is 2.16. The number of amides is 2. The summed E-state index contributed by atoms with van der Waals surface area (Å²) in [6.07, 6.45) is 0.955. The van der Waals surface area contributed by atoms with Crippen molar-refractivity contribution in [1.29, 1.82) is 0 Å². The van der Waals surface area contributed by atoms with Gasteiger partial charge in [-0.1, -0.05) is 49.4 Å². The van der Waals surface area contributed by atoms with E-state index in [9.17, 15) is 9.59 Å². The second kappa shape index (κ2) is 9.53. The minimum atomic E-state index is -0.653. The third-order valence-corrected chi connectivity index (χ3v) is 4.91. The summed E-state index contributed by atoms with van der Waals surface area (Å²) < 4.78 is 0. The third kappa shape index (κ3) is 4.87. The first kappa shape index (κ1) is 20.9. The van der Waals surface area contributed by atoms with Crippen LogP contribution in [0.5, 0.6) is 0 Å². The maximum Gasteiger partial charge on any atom is 0.253 e. The molecule has 0 spiro atoms.